The maximum Gasteiger partial charge on any atom is 0.342 e. The summed E-state index contributed by atoms with van der Waals surface area (Å²) >= 11 is 0. The molecule has 0 aliphatic heterocycles. The molecule has 29 heavy (non-hydrogen) atoms. The second-order valence-corrected chi connectivity index (χ2v) is 8.13. The SMILES string of the molecule is CCOC(=O)c1c(C)nc2cccc(OCC(C)(C)C(=O)NCC(C)C)c2c1N. The summed E-state index contributed by atoms with van der Waals surface area (Å²) in [5, 5.41) is 3.48. The van der Waals surface area contributed by atoms with E-state index in [1.165, 1.54) is 0 Å². The molecule has 0 aliphatic rings. The third kappa shape index (κ3) is 5.16. The Morgan fingerprint density at radius 1 is 1.28 bits per heavy atom. The summed E-state index contributed by atoms with van der Waals surface area (Å²) in [5.74, 6) is 0.243. The Balaban J connectivity index is 2.35. The minimum absolute atomic E-state index is 0.0828. The second-order valence-electron chi connectivity index (χ2n) is 8.13. The lowest BCUT2D eigenvalue weighted by atomic mass is 9.93. The van der Waals surface area contributed by atoms with Crippen molar-refractivity contribution in [2.45, 2.75) is 41.5 Å². The van der Waals surface area contributed by atoms with Gasteiger partial charge in [-0.2, -0.15) is 0 Å². The molecule has 7 heteroatoms. The molecule has 2 aromatic rings. The van der Waals surface area contributed by atoms with E-state index in [4.69, 9.17) is 15.2 Å². The van der Waals surface area contributed by atoms with E-state index in [2.05, 4.69) is 10.3 Å². The lowest BCUT2D eigenvalue weighted by Gasteiger charge is -2.25. The Hall–Kier alpha value is -2.83. The van der Waals surface area contributed by atoms with Crippen molar-refractivity contribution in [3.05, 3.63) is 29.5 Å². The Bertz CT molecular complexity index is 907. The van der Waals surface area contributed by atoms with Gasteiger partial charge in [0.05, 0.1) is 34.3 Å². The molecule has 7 nitrogen and oxygen atoms in total. The highest BCUT2D eigenvalue weighted by atomic mass is 16.5. The van der Waals surface area contributed by atoms with Gasteiger partial charge in [-0.3, -0.25) is 9.78 Å². The molecule has 1 aromatic carbocycles. The second kappa shape index (κ2) is 9.11. The molecular formula is C22H31N3O4. The Morgan fingerprint density at radius 3 is 2.59 bits per heavy atom. The maximum absolute atomic E-state index is 12.5. The van der Waals surface area contributed by atoms with Gasteiger partial charge >= 0.3 is 5.97 Å². The highest BCUT2D eigenvalue weighted by Gasteiger charge is 2.29. The van der Waals surface area contributed by atoms with Crippen LogP contribution in [0.25, 0.3) is 10.9 Å². The van der Waals surface area contributed by atoms with E-state index in [1.54, 1.807) is 32.0 Å². The van der Waals surface area contributed by atoms with E-state index < -0.39 is 11.4 Å². The average molecular weight is 402 g/mol. The zero-order chi connectivity index (χ0) is 21.8. The van der Waals surface area contributed by atoms with Crippen LogP contribution in [0.5, 0.6) is 5.75 Å². The molecule has 0 saturated carbocycles. The van der Waals surface area contributed by atoms with Crippen LogP contribution in [0.1, 0.15) is 50.7 Å². The van der Waals surface area contributed by atoms with Gasteiger partial charge in [-0.15, -0.1) is 0 Å². The van der Waals surface area contributed by atoms with Crippen molar-refractivity contribution in [2.75, 3.05) is 25.5 Å². The number of benzene rings is 1. The molecule has 0 unspecified atom stereocenters. The van der Waals surface area contributed by atoms with Gasteiger partial charge in [0, 0.05) is 6.54 Å². The minimum Gasteiger partial charge on any atom is -0.492 e. The maximum atomic E-state index is 12.5. The Labute approximate surface area is 172 Å². The fourth-order valence-electron chi connectivity index (χ4n) is 2.88. The van der Waals surface area contributed by atoms with E-state index in [-0.39, 0.29) is 30.4 Å². The number of hydrogen-bond donors (Lipinski definition) is 2. The fraction of sp³-hybridized carbons (Fsp3) is 0.500. The standard InChI is InChI=1S/C22H31N3O4/c1-7-28-20(26)17-14(4)25-15-9-8-10-16(18(15)19(17)23)29-12-22(5,6)21(27)24-11-13(2)3/h8-10,13H,7,11-12H2,1-6H3,(H2,23,25)(H,24,27). The molecule has 1 aromatic heterocycles. The first-order valence-corrected chi connectivity index (χ1v) is 9.85. The number of nitrogens with one attached hydrogen (secondary N) is 1. The van der Waals surface area contributed by atoms with E-state index in [9.17, 15) is 9.59 Å². The quantitative estimate of drug-likeness (QED) is 0.657. The van der Waals surface area contributed by atoms with Crippen LogP contribution >= 0.6 is 0 Å². The van der Waals surface area contributed by atoms with Crippen LogP contribution in [0.4, 0.5) is 5.69 Å². The number of pyridine rings is 1. The number of anilines is 1. The van der Waals surface area contributed by atoms with Crippen LogP contribution < -0.4 is 15.8 Å². The van der Waals surface area contributed by atoms with Gasteiger partial charge < -0.3 is 20.5 Å². The van der Waals surface area contributed by atoms with E-state index >= 15 is 0 Å². The van der Waals surface area contributed by atoms with Crippen molar-refractivity contribution >= 4 is 28.5 Å². The number of amides is 1. The normalized spacial score (nSPS) is 11.6. The Morgan fingerprint density at radius 2 is 1.97 bits per heavy atom. The molecule has 0 radical (unpaired) electrons. The Kier molecular flexibility index (Phi) is 7.06. The van der Waals surface area contributed by atoms with Crippen molar-refractivity contribution in [1.82, 2.24) is 10.3 Å². The van der Waals surface area contributed by atoms with E-state index in [0.29, 0.717) is 34.8 Å². The van der Waals surface area contributed by atoms with Crippen LogP contribution in [0, 0.1) is 18.3 Å². The van der Waals surface area contributed by atoms with Crippen molar-refractivity contribution in [3.8, 4) is 5.75 Å². The van der Waals surface area contributed by atoms with Crippen molar-refractivity contribution in [1.29, 1.82) is 0 Å². The molecule has 3 N–H and O–H groups in total. The summed E-state index contributed by atoms with van der Waals surface area (Å²) in [5.41, 5.74) is 7.21. The number of carbonyl (C=O) groups is 2. The zero-order valence-electron chi connectivity index (χ0n) is 18.1. The highest BCUT2D eigenvalue weighted by molar-refractivity contribution is 6.07. The highest BCUT2D eigenvalue weighted by Crippen LogP contribution is 2.34. The molecular weight excluding hydrogens is 370 g/mol. The molecule has 0 atom stereocenters. The first-order chi connectivity index (χ1) is 13.6. The molecule has 0 aliphatic carbocycles. The lowest BCUT2D eigenvalue weighted by Crippen LogP contribution is -2.42. The number of esters is 1. The van der Waals surface area contributed by atoms with Crippen LogP contribution in [0.2, 0.25) is 0 Å². The summed E-state index contributed by atoms with van der Waals surface area (Å²) in [4.78, 5) is 29.3. The first kappa shape index (κ1) is 22.5. The first-order valence-electron chi connectivity index (χ1n) is 9.85. The van der Waals surface area contributed by atoms with Crippen molar-refractivity contribution < 1.29 is 19.1 Å². The molecule has 158 valence electrons. The molecule has 1 amide bonds. The molecule has 0 bridgehead atoms. The largest absolute Gasteiger partial charge is 0.492 e. The lowest BCUT2D eigenvalue weighted by molar-refractivity contribution is -0.130. The third-order valence-electron chi connectivity index (χ3n) is 4.55. The van der Waals surface area contributed by atoms with Crippen LogP contribution in [-0.2, 0) is 9.53 Å². The topological polar surface area (TPSA) is 104 Å². The molecule has 0 spiro atoms. The monoisotopic (exact) mass is 401 g/mol. The van der Waals surface area contributed by atoms with Crippen LogP contribution in [-0.4, -0.2) is 36.6 Å². The minimum atomic E-state index is -0.742. The summed E-state index contributed by atoms with van der Waals surface area (Å²) in [6.45, 7) is 12.2. The van der Waals surface area contributed by atoms with E-state index in [0.717, 1.165) is 0 Å². The predicted molar refractivity (Wildman–Crippen MR) is 114 cm³/mol. The molecule has 0 fully saturated rings. The smallest absolute Gasteiger partial charge is 0.342 e. The summed E-state index contributed by atoms with van der Waals surface area (Å²) in [7, 11) is 0. The number of hydrogen-bond acceptors (Lipinski definition) is 6. The van der Waals surface area contributed by atoms with Crippen molar-refractivity contribution in [2.24, 2.45) is 11.3 Å². The van der Waals surface area contributed by atoms with Gasteiger partial charge in [0.1, 0.15) is 17.9 Å². The predicted octanol–water partition coefficient (Wildman–Crippen LogP) is 3.48. The van der Waals surface area contributed by atoms with Crippen LogP contribution in [0.15, 0.2) is 18.2 Å². The molecule has 2 rings (SSSR count). The number of carbonyl (C=O) groups excluding carboxylic acids is 2. The third-order valence-corrected chi connectivity index (χ3v) is 4.55. The number of nitrogens with two attached hydrogens (primary N) is 1. The van der Waals surface area contributed by atoms with Gasteiger partial charge in [0.15, 0.2) is 0 Å². The van der Waals surface area contributed by atoms with Gasteiger partial charge in [0.25, 0.3) is 0 Å². The van der Waals surface area contributed by atoms with Gasteiger partial charge in [-0.1, -0.05) is 19.9 Å². The number of fused-ring (bicyclic) bond motifs is 1. The van der Waals surface area contributed by atoms with Gasteiger partial charge in [-0.05, 0) is 45.7 Å². The number of ether oxygens (including phenoxy) is 2. The zero-order valence-corrected chi connectivity index (χ0v) is 18.1. The molecule has 0 saturated heterocycles. The summed E-state index contributed by atoms with van der Waals surface area (Å²) in [6, 6.07) is 5.37. The van der Waals surface area contributed by atoms with Crippen molar-refractivity contribution in [3.63, 3.8) is 0 Å². The number of aryl methyl sites for hydroxylation is 1. The van der Waals surface area contributed by atoms with E-state index in [1.807, 2.05) is 27.7 Å². The molecule has 1 heterocycles. The van der Waals surface area contributed by atoms with Crippen LogP contribution in [0.3, 0.4) is 0 Å². The van der Waals surface area contributed by atoms with Gasteiger partial charge in [-0.25, -0.2) is 4.79 Å². The summed E-state index contributed by atoms with van der Waals surface area (Å²) in [6.07, 6.45) is 0. The van der Waals surface area contributed by atoms with Gasteiger partial charge in [0.2, 0.25) is 5.91 Å². The average Bonchev–Trinajstić information content (AvgIpc) is 2.64. The fourth-order valence-corrected chi connectivity index (χ4v) is 2.88. The summed E-state index contributed by atoms with van der Waals surface area (Å²) < 4.78 is 11.1. The number of nitrogen functional groups attached to an aromatic ring is 1. The number of nitrogens with zero attached hydrogens (tertiary/aromatic N) is 1. The number of rotatable bonds is 8. The number of aromatic nitrogens is 1.